The topological polar surface area (TPSA) is 80.1 Å². The maximum Gasteiger partial charge on any atom is 0.230 e. The maximum atomic E-state index is 8.91. The highest BCUT2D eigenvalue weighted by atomic mass is 16.5. The average molecular weight is 412 g/mol. The van der Waals surface area contributed by atoms with Crippen LogP contribution in [0.1, 0.15) is 29.2 Å². The van der Waals surface area contributed by atoms with E-state index in [4.69, 9.17) is 14.7 Å². The first-order valence-corrected chi connectivity index (χ1v) is 9.87. The fourth-order valence-electron chi connectivity index (χ4n) is 2.98. The van der Waals surface area contributed by atoms with Gasteiger partial charge in [0.1, 0.15) is 11.5 Å². The van der Waals surface area contributed by atoms with Crippen molar-refractivity contribution in [3.8, 4) is 17.7 Å². The molecule has 0 amide bonds. The second-order valence-electron chi connectivity index (χ2n) is 6.85. The molecule has 0 bridgehead atoms. The largest absolute Gasteiger partial charge is 0.495 e. The summed E-state index contributed by atoms with van der Waals surface area (Å²) < 4.78 is 11.4. The van der Waals surface area contributed by atoms with Crippen molar-refractivity contribution >= 4 is 17.7 Å². The van der Waals surface area contributed by atoms with Gasteiger partial charge in [0.15, 0.2) is 0 Å². The Balaban J connectivity index is 1.75. The second kappa shape index (κ2) is 10.1. The number of hydrogen-bond donors (Lipinski definition) is 1. The average Bonchev–Trinajstić information content (AvgIpc) is 2.76. The molecule has 0 saturated carbocycles. The van der Waals surface area contributed by atoms with E-state index in [1.165, 1.54) is 0 Å². The molecule has 0 aliphatic rings. The molecule has 6 nitrogen and oxygen atoms in total. The van der Waals surface area contributed by atoms with Crippen LogP contribution in [0.3, 0.4) is 0 Å². The molecular weight excluding hydrogens is 388 g/mol. The number of allylic oxidation sites excluding steroid dienone is 1. The van der Waals surface area contributed by atoms with Crippen molar-refractivity contribution in [1.29, 1.82) is 5.26 Å². The molecule has 0 aliphatic heterocycles. The summed E-state index contributed by atoms with van der Waals surface area (Å²) in [5, 5.41) is 12.0. The lowest BCUT2D eigenvalue weighted by Gasteiger charge is -2.13. The summed E-state index contributed by atoms with van der Waals surface area (Å²) in [4.78, 5) is 8.68. The summed E-state index contributed by atoms with van der Waals surface area (Å²) in [6.45, 7) is 10.4. The normalized spacial score (nSPS) is 10.5. The van der Waals surface area contributed by atoms with Gasteiger partial charge < -0.3 is 14.8 Å². The number of benzene rings is 2. The van der Waals surface area contributed by atoms with E-state index in [9.17, 15) is 0 Å². The molecule has 0 fully saturated rings. The van der Waals surface area contributed by atoms with E-state index in [0.717, 1.165) is 28.1 Å². The molecule has 2 aromatic carbocycles. The molecule has 0 unspecified atom stereocenters. The van der Waals surface area contributed by atoms with E-state index in [2.05, 4.69) is 27.9 Å². The summed E-state index contributed by atoms with van der Waals surface area (Å²) in [7, 11) is 0. The first-order valence-electron chi connectivity index (χ1n) is 9.87. The molecule has 3 aromatic rings. The molecule has 6 heteroatoms. The summed E-state index contributed by atoms with van der Waals surface area (Å²) >= 11 is 0. The fourth-order valence-corrected chi connectivity index (χ4v) is 2.98. The van der Waals surface area contributed by atoms with Crippen molar-refractivity contribution in [2.45, 2.75) is 20.8 Å². The lowest BCUT2D eigenvalue weighted by atomic mass is 10.1. The standard InChI is InChI=1S/C25H24N4O2/c1-5-30-19(4)6-7-21-14-17(2)24(18(3)15-21)31-23-12-13-27-25(29-23)28-22-10-8-20(16-26)9-11-22/h6-15H,4-5H2,1-3H3,(H,27,28,29)/b7-6+. The Labute approximate surface area is 182 Å². The van der Waals surface area contributed by atoms with E-state index in [-0.39, 0.29) is 0 Å². The molecule has 1 aromatic heterocycles. The molecular formula is C25H24N4O2. The van der Waals surface area contributed by atoms with Crippen molar-refractivity contribution < 1.29 is 9.47 Å². The fraction of sp³-hybridized carbons (Fsp3) is 0.160. The minimum Gasteiger partial charge on any atom is -0.495 e. The van der Waals surface area contributed by atoms with Gasteiger partial charge >= 0.3 is 0 Å². The summed E-state index contributed by atoms with van der Waals surface area (Å²) in [6, 6.07) is 14.9. The Hall–Kier alpha value is -4.11. The molecule has 1 heterocycles. The van der Waals surface area contributed by atoms with Crippen molar-refractivity contribution in [3.05, 3.63) is 89.3 Å². The molecule has 3 rings (SSSR count). The van der Waals surface area contributed by atoms with Crippen LogP contribution in [-0.2, 0) is 4.74 Å². The SMILES string of the molecule is C=C(/C=C/c1cc(C)c(Oc2ccnc(Nc3ccc(C#N)cc3)n2)c(C)c1)OCC. The van der Waals surface area contributed by atoms with Gasteiger partial charge in [-0.05, 0) is 79.9 Å². The Morgan fingerprint density at radius 2 is 1.87 bits per heavy atom. The summed E-state index contributed by atoms with van der Waals surface area (Å²) in [6.07, 6.45) is 5.45. The Morgan fingerprint density at radius 3 is 2.52 bits per heavy atom. The van der Waals surface area contributed by atoms with Gasteiger partial charge in [-0.2, -0.15) is 10.2 Å². The van der Waals surface area contributed by atoms with E-state index in [0.29, 0.717) is 29.8 Å². The van der Waals surface area contributed by atoms with Gasteiger partial charge in [0.25, 0.3) is 0 Å². The number of anilines is 2. The van der Waals surface area contributed by atoms with Crippen molar-refractivity contribution in [3.63, 3.8) is 0 Å². The zero-order valence-electron chi connectivity index (χ0n) is 17.8. The second-order valence-corrected chi connectivity index (χ2v) is 6.85. The Morgan fingerprint density at radius 1 is 1.16 bits per heavy atom. The van der Waals surface area contributed by atoms with Crippen LogP contribution < -0.4 is 10.1 Å². The third-order valence-corrected chi connectivity index (χ3v) is 4.38. The predicted molar refractivity (Wildman–Crippen MR) is 122 cm³/mol. The number of aromatic nitrogens is 2. The number of nitrogens with zero attached hydrogens (tertiary/aromatic N) is 3. The van der Waals surface area contributed by atoms with Gasteiger partial charge in [0.2, 0.25) is 11.8 Å². The minimum atomic E-state index is 0.409. The van der Waals surface area contributed by atoms with Crippen LogP contribution in [0.5, 0.6) is 11.6 Å². The summed E-state index contributed by atoms with van der Waals surface area (Å²) in [5.74, 6) is 2.22. The lowest BCUT2D eigenvalue weighted by molar-refractivity contribution is 0.244. The van der Waals surface area contributed by atoms with E-state index < -0.39 is 0 Å². The molecule has 0 saturated heterocycles. The van der Waals surface area contributed by atoms with Crippen LogP contribution in [0.25, 0.3) is 6.08 Å². The van der Waals surface area contributed by atoms with Gasteiger partial charge in [0, 0.05) is 18.0 Å². The van der Waals surface area contributed by atoms with E-state index in [1.54, 1.807) is 36.5 Å². The van der Waals surface area contributed by atoms with E-state index in [1.807, 2.05) is 45.1 Å². The van der Waals surface area contributed by atoms with E-state index >= 15 is 0 Å². The minimum absolute atomic E-state index is 0.409. The van der Waals surface area contributed by atoms with Gasteiger partial charge in [-0.3, -0.25) is 0 Å². The van der Waals surface area contributed by atoms with Gasteiger partial charge in [0.05, 0.1) is 18.2 Å². The highest BCUT2D eigenvalue weighted by molar-refractivity contribution is 5.58. The summed E-state index contributed by atoms with van der Waals surface area (Å²) in [5.41, 5.74) is 4.39. The number of nitriles is 1. The molecule has 0 radical (unpaired) electrons. The van der Waals surface area contributed by atoms with Crippen LogP contribution >= 0.6 is 0 Å². The first-order chi connectivity index (χ1) is 15.0. The highest BCUT2D eigenvalue weighted by Gasteiger charge is 2.09. The zero-order chi connectivity index (χ0) is 22.2. The first kappa shape index (κ1) is 21.6. The third kappa shape index (κ3) is 5.94. The maximum absolute atomic E-state index is 8.91. The Kier molecular flexibility index (Phi) is 7.02. The molecule has 0 spiro atoms. The van der Waals surface area contributed by atoms with Crippen molar-refractivity contribution in [2.24, 2.45) is 0 Å². The lowest BCUT2D eigenvalue weighted by Crippen LogP contribution is -1.99. The molecule has 156 valence electrons. The van der Waals surface area contributed by atoms with Crippen LogP contribution in [-0.4, -0.2) is 16.6 Å². The molecule has 0 aliphatic carbocycles. The molecule has 1 N–H and O–H groups in total. The highest BCUT2D eigenvalue weighted by Crippen LogP contribution is 2.30. The smallest absolute Gasteiger partial charge is 0.230 e. The number of nitrogens with one attached hydrogen (secondary N) is 1. The van der Waals surface area contributed by atoms with Crippen LogP contribution in [0, 0.1) is 25.2 Å². The monoisotopic (exact) mass is 412 g/mol. The molecule has 31 heavy (non-hydrogen) atoms. The van der Waals surface area contributed by atoms with Crippen molar-refractivity contribution in [1.82, 2.24) is 9.97 Å². The van der Waals surface area contributed by atoms with Crippen molar-refractivity contribution in [2.75, 3.05) is 11.9 Å². The number of aryl methyl sites for hydroxylation is 2. The van der Waals surface area contributed by atoms with Crippen LogP contribution in [0.15, 0.2) is 67.1 Å². The van der Waals surface area contributed by atoms with Gasteiger partial charge in [-0.1, -0.05) is 12.7 Å². The third-order valence-electron chi connectivity index (χ3n) is 4.38. The van der Waals surface area contributed by atoms with Crippen LogP contribution in [0.4, 0.5) is 11.6 Å². The number of rotatable bonds is 8. The van der Waals surface area contributed by atoms with Gasteiger partial charge in [-0.15, -0.1) is 0 Å². The zero-order valence-corrected chi connectivity index (χ0v) is 17.8. The van der Waals surface area contributed by atoms with Gasteiger partial charge in [-0.25, -0.2) is 4.98 Å². The predicted octanol–water partition coefficient (Wildman–Crippen LogP) is 6.06. The Bertz CT molecular complexity index is 1120. The molecule has 0 atom stereocenters. The number of ether oxygens (including phenoxy) is 2. The number of hydrogen-bond acceptors (Lipinski definition) is 6. The quantitative estimate of drug-likeness (QED) is 0.357. The van der Waals surface area contributed by atoms with Crippen LogP contribution in [0.2, 0.25) is 0 Å².